The van der Waals surface area contributed by atoms with E-state index in [4.69, 9.17) is 9.47 Å². The SMILES string of the molecule is C[C@H](Sc1n[nH]c(-c2ccccc2F)n1)C(=O)Nc1ccc2c(c1)OCO2. The summed E-state index contributed by atoms with van der Waals surface area (Å²) in [6.45, 7) is 1.92. The summed E-state index contributed by atoms with van der Waals surface area (Å²) < 4.78 is 24.4. The monoisotopic (exact) mass is 386 g/mol. The Balaban J connectivity index is 1.41. The van der Waals surface area contributed by atoms with Gasteiger partial charge in [0.1, 0.15) is 5.82 Å². The lowest BCUT2D eigenvalue weighted by atomic mass is 10.2. The molecule has 1 atom stereocenters. The molecule has 0 fully saturated rings. The van der Waals surface area contributed by atoms with Crippen LogP contribution in [0.1, 0.15) is 6.92 Å². The van der Waals surface area contributed by atoms with E-state index >= 15 is 0 Å². The second-order valence-corrected chi connectivity index (χ2v) is 7.07. The van der Waals surface area contributed by atoms with Gasteiger partial charge in [0.2, 0.25) is 17.9 Å². The first-order valence-electron chi connectivity index (χ1n) is 8.14. The van der Waals surface area contributed by atoms with Crippen molar-refractivity contribution in [2.24, 2.45) is 0 Å². The van der Waals surface area contributed by atoms with Gasteiger partial charge in [-0.15, -0.1) is 5.10 Å². The Labute approximate surface area is 158 Å². The third-order valence-corrected chi connectivity index (χ3v) is 4.85. The van der Waals surface area contributed by atoms with E-state index in [0.717, 1.165) is 0 Å². The van der Waals surface area contributed by atoms with E-state index in [1.807, 2.05) is 0 Å². The van der Waals surface area contributed by atoms with E-state index < -0.39 is 11.1 Å². The average molecular weight is 386 g/mol. The highest BCUT2D eigenvalue weighted by Crippen LogP contribution is 2.34. The number of anilines is 1. The number of ether oxygens (including phenoxy) is 2. The molecule has 1 aliphatic rings. The number of carbonyl (C=O) groups excluding carboxylic acids is 1. The number of benzene rings is 2. The number of H-pyrrole nitrogens is 1. The molecule has 0 aliphatic carbocycles. The van der Waals surface area contributed by atoms with Gasteiger partial charge in [-0.25, -0.2) is 9.37 Å². The largest absolute Gasteiger partial charge is 0.454 e. The highest BCUT2D eigenvalue weighted by Gasteiger charge is 2.20. The minimum atomic E-state index is -0.459. The minimum absolute atomic E-state index is 0.175. The van der Waals surface area contributed by atoms with Crippen molar-refractivity contribution in [3.05, 3.63) is 48.3 Å². The maximum atomic E-state index is 13.8. The standard InChI is InChI=1S/C18H15FN4O3S/c1-10(17(24)20-11-6-7-14-15(8-11)26-9-25-14)27-18-21-16(22-23-18)12-4-2-3-5-13(12)19/h2-8,10H,9H2,1H3,(H,20,24)(H,21,22,23)/t10-/m0/s1. The van der Waals surface area contributed by atoms with Crippen molar-refractivity contribution in [3.8, 4) is 22.9 Å². The van der Waals surface area contributed by atoms with Gasteiger partial charge >= 0.3 is 0 Å². The highest BCUT2D eigenvalue weighted by molar-refractivity contribution is 8.00. The zero-order valence-corrected chi connectivity index (χ0v) is 15.0. The molecule has 4 rings (SSSR count). The zero-order chi connectivity index (χ0) is 18.8. The van der Waals surface area contributed by atoms with Gasteiger partial charge in [0.05, 0.1) is 10.8 Å². The number of nitrogens with zero attached hydrogens (tertiary/aromatic N) is 2. The van der Waals surface area contributed by atoms with Crippen LogP contribution in [0.2, 0.25) is 0 Å². The minimum Gasteiger partial charge on any atom is -0.454 e. The molecule has 0 saturated heterocycles. The number of amides is 1. The summed E-state index contributed by atoms with van der Waals surface area (Å²) in [6, 6.07) is 11.5. The van der Waals surface area contributed by atoms with Crippen molar-refractivity contribution in [1.29, 1.82) is 0 Å². The third kappa shape index (κ3) is 3.72. The molecular weight excluding hydrogens is 371 g/mol. The number of rotatable bonds is 5. The molecule has 1 aliphatic heterocycles. The van der Waals surface area contributed by atoms with E-state index in [1.54, 1.807) is 43.3 Å². The average Bonchev–Trinajstić information content (AvgIpc) is 3.31. The molecule has 0 saturated carbocycles. The smallest absolute Gasteiger partial charge is 0.237 e. The Kier molecular flexibility index (Phi) is 4.68. The molecule has 9 heteroatoms. The topological polar surface area (TPSA) is 89.1 Å². The molecule has 138 valence electrons. The fourth-order valence-corrected chi connectivity index (χ4v) is 3.23. The Morgan fingerprint density at radius 2 is 2.07 bits per heavy atom. The summed E-state index contributed by atoms with van der Waals surface area (Å²) in [5, 5.41) is 9.48. The Bertz CT molecular complexity index is 994. The lowest BCUT2D eigenvalue weighted by molar-refractivity contribution is -0.115. The summed E-state index contributed by atoms with van der Waals surface area (Å²) >= 11 is 1.17. The van der Waals surface area contributed by atoms with E-state index in [2.05, 4.69) is 20.5 Å². The van der Waals surface area contributed by atoms with E-state index in [0.29, 0.717) is 33.7 Å². The molecule has 2 heterocycles. The number of hydrogen-bond donors (Lipinski definition) is 2. The van der Waals surface area contributed by atoms with Crippen molar-refractivity contribution in [1.82, 2.24) is 15.2 Å². The summed E-state index contributed by atoms with van der Waals surface area (Å²) in [4.78, 5) is 16.7. The predicted octanol–water partition coefficient (Wildman–Crippen LogP) is 3.46. The van der Waals surface area contributed by atoms with Gasteiger partial charge in [0.15, 0.2) is 17.3 Å². The van der Waals surface area contributed by atoms with Gasteiger partial charge in [-0.1, -0.05) is 23.9 Å². The Morgan fingerprint density at radius 3 is 2.93 bits per heavy atom. The molecule has 0 unspecified atom stereocenters. The fourth-order valence-electron chi connectivity index (χ4n) is 2.50. The molecule has 2 aromatic carbocycles. The van der Waals surface area contributed by atoms with Gasteiger partial charge in [-0.05, 0) is 31.2 Å². The first kappa shape index (κ1) is 17.3. The number of fused-ring (bicyclic) bond motifs is 1. The molecule has 7 nitrogen and oxygen atoms in total. The fraction of sp³-hybridized carbons (Fsp3) is 0.167. The normalized spacial score (nSPS) is 13.4. The van der Waals surface area contributed by atoms with Crippen LogP contribution in [-0.2, 0) is 4.79 Å². The molecule has 27 heavy (non-hydrogen) atoms. The van der Waals surface area contributed by atoms with Crippen LogP contribution < -0.4 is 14.8 Å². The van der Waals surface area contributed by atoms with Gasteiger partial charge in [0.25, 0.3) is 0 Å². The van der Waals surface area contributed by atoms with E-state index in [-0.39, 0.29) is 12.7 Å². The molecular formula is C18H15FN4O3S. The summed E-state index contributed by atoms with van der Waals surface area (Å²) in [7, 11) is 0. The van der Waals surface area contributed by atoms with Crippen LogP contribution in [0, 0.1) is 5.82 Å². The van der Waals surface area contributed by atoms with Crippen molar-refractivity contribution >= 4 is 23.4 Å². The molecule has 2 N–H and O–H groups in total. The lowest BCUT2D eigenvalue weighted by Crippen LogP contribution is -2.22. The number of halogens is 1. The second kappa shape index (κ2) is 7.28. The van der Waals surface area contributed by atoms with E-state index in [1.165, 1.54) is 17.8 Å². The van der Waals surface area contributed by atoms with Crippen molar-refractivity contribution < 1.29 is 18.7 Å². The number of aromatic nitrogens is 3. The first-order chi connectivity index (χ1) is 13.1. The first-order valence-corrected chi connectivity index (χ1v) is 9.02. The maximum absolute atomic E-state index is 13.8. The number of carbonyl (C=O) groups is 1. The van der Waals surface area contributed by atoms with Gasteiger partial charge in [0, 0.05) is 11.8 Å². The van der Waals surface area contributed by atoms with Crippen molar-refractivity contribution in [3.63, 3.8) is 0 Å². The highest BCUT2D eigenvalue weighted by atomic mass is 32.2. The zero-order valence-electron chi connectivity index (χ0n) is 14.2. The van der Waals surface area contributed by atoms with Gasteiger partial charge in [-0.2, -0.15) is 0 Å². The van der Waals surface area contributed by atoms with Crippen molar-refractivity contribution in [2.45, 2.75) is 17.3 Å². The quantitative estimate of drug-likeness (QED) is 0.653. The number of aromatic amines is 1. The van der Waals surface area contributed by atoms with Crippen LogP contribution in [0.3, 0.4) is 0 Å². The Hall–Kier alpha value is -3.07. The molecule has 1 aromatic heterocycles. The second-order valence-electron chi connectivity index (χ2n) is 5.76. The number of nitrogens with one attached hydrogen (secondary N) is 2. The van der Waals surface area contributed by atoms with Crippen LogP contribution >= 0.6 is 11.8 Å². The third-order valence-electron chi connectivity index (χ3n) is 3.89. The molecule has 0 spiro atoms. The van der Waals surface area contributed by atoms with Crippen LogP contribution in [-0.4, -0.2) is 33.1 Å². The molecule has 0 radical (unpaired) electrons. The van der Waals surface area contributed by atoms with Crippen LogP contribution in [0.5, 0.6) is 11.5 Å². The molecule has 3 aromatic rings. The van der Waals surface area contributed by atoms with Gasteiger partial charge < -0.3 is 14.8 Å². The number of thioether (sulfide) groups is 1. The van der Waals surface area contributed by atoms with E-state index in [9.17, 15) is 9.18 Å². The lowest BCUT2D eigenvalue weighted by Gasteiger charge is -2.10. The van der Waals surface area contributed by atoms with Crippen LogP contribution in [0.15, 0.2) is 47.6 Å². The summed E-state index contributed by atoms with van der Waals surface area (Å²) in [5.74, 6) is 0.960. The maximum Gasteiger partial charge on any atom is 0.237 e. The van der Waals surface area contributed by atoms with Crippen molar-refractivity contribution in [2.75, 3.05) is 12.1 Å². The van der Waals surface area contributed by atoms with Crippen LogP contribution in [0.25, 0.3) is 11.4 Å². The predicted molar refractivity (Wildman–Crippen MR) is 98.3 cm³/mol. The summed E-state index contributed by atoms with van der Waals surface area (Å²) in [5.41, 5.74) is 0.938. The Morgan fingerprint density at radius 1 is 1.26 bits per heavy atom. The summed E-state index contributed by atoms with van der Waals surface area (Å²) in [6.07, 6.45) is 0. The number of hydrogen-bond acceptors (Lipinski definition) is 6. The molecule has 1 amide bonds. The molecule has 0 bridgehead atoms. The van der Waals surface area contributed by atoms with Gasteiger partial charge in [-0.3, -0.25) is 9.89 Å². The van der Waals surface area contributed by atoms with Crippen LogP contribution in [0.4, 0.5) is 10.1 Å².